The largest absolute Gasteiger partial charge is 0.466 e. The van der Waals surface area contributed by atoms with Crippen LogP contribution in [-0.2, 0) is 9.53 Å². The second-order valence-corrected chi connectivity index (χ2v) is 6.74. The fourth-order valence-electron chi connectivity index (χ4n) is 3.77. The molecule has 3 rings (SSSR count). The van der Waals surface area contributed by atoms with E-state index in [0.29, 0.717) is 18.6 Å². The summed E-state index contributed by atoms with van der Waals surface area (Å²) in [5.41, 5.74) is 0. The zero-order valence-corrected chi connectivity index (χ0v) is 13.4. The summed E-state index contributed by atoms with van der Waals surface area (Å²) in [5.74, 6) is 1.42. The maximum atomic E-state index is 11.7. The summed E-state index contributed by atoms with van der Waals surface area (Å²) in [6.07, 6.45) is 8.86. The van der Waals surface area contributed by atoms with E-state index in [9.17, 15) is 4.79 Å². The summed E-state index contributed by atoms with van der Waals surface area (Å²) in [6.45, 7) is 4.03. The molecule has 116 valence electrons. The third kappa shape index (κ3) is 3.23. The molecule has 0 aromatic heterocycles. The fraction of sp³-hybridized carbons (Fsp3) is 0.750. The maximum Gasteiger partial charge on any atom is 0.309 e. The van der Waals surface area contributed by atoms with Gasteiger partial charge in [-0.15, -0.1) is 0 Å². The van der Waals surface area contributed by atoms with Gasteiger partial charge in [0.15, 0.2) is 5.11 Å². The van der Waals surface area contributed by atoms with Crippen molar-refractivity contribution in [2.24, 2.45) is 17.8 Å². The predicted octanol–water partition coefficient (Wildman–Crippen LogP) is 2.10. The maximum absolute atomic E-state index is 11.7. The number of piperidine rings is 1. The summed E-state index contributed by atoms with van der Waals surface area (Å²) in [4.78, 5) is 14.0. The number of carbonyl (C=O) groups is 1. The quantitative estimate of drug-likeness (QED) is 0.491. The molecule has 2 bridgehead atoms. The minimum Gasteiger partial charge on any atom is -0.466 e. The lowest BCUT2D eigenvalue weighted by atomic mass is 9.97. The first-order chi connectivity index (χ1) is 10.2. The highest BCUT2D eigenvalue weighted by molar-refractivity contribution is 7.80. The first-order valence-corrected chi connectivity index (χ1v) is 8.48. The normalized spacial score (nSPS) is 31.5. The number of allylic oxidation sites excluding steroid dienone is 1. The molecule has 0 aromatic rings. The van der Waals surface area contributed by atoms with E-state index >= 15 is 0 Å². The van der Waals surface area contributed by atoms with E-state index in [1.807, 2.05) is 6.92 Å². The van der Waals surface area contributed by atoms with Crippen LogP contribution >= 0.6 is 12.2 Å². The number of thiocarbonyl (C=S) groups is 1. The third-order valence-electron chi connectivity index (χ3n) is 4.99. The molecule has 1 saturated carbocycles. The zero-order valence-electron chi connectivity index (χ0n) is 12.6. The zero-order chi connectivity index (χ0) is 14.8. The van der Waals surface area contributed by atoms with Crippen LogP contribution in [0.25, 0.3) is 0 Å². The van der Waals surface area contributed by atoms with Crippen molar-refractivity contribution in [1.82, 2.24) is 10.2 Å². The molecule has 1 heterocycles. The summed E-state index contributed by atoms with van der Waals surface area (Å²) < 4.78 is 5.10. The van der Waals surface area contributed by atoms with E-state index in [1.165, 1.54) is 12.8 Å². The lowest BCUT2D eigenvalue weighted by Gasteiger charge is -2.34. The Morgan fingerprint density at radius 2 is 2.10 bits per heavy atom. The SMILES string of the molecule is CCOC(=O)C1CCN(C(=S)N[C@H]2C[C@H]3C=C[C@H]2C3)CC1. The number of esters is 1. The van der Waals surface area contributed by atoms with Gasteiger partial charge >= 0.3 is 5.97 Å². The number of rotatable bonds is 3. The van der Waals surface area contributed by atoms with Crippen LogP contribution in [0.5, 0.6) is 0 Å². The van der Waals surface area contributed by atoms with Crippen LogP contribution in [-0.4, -0.2) is 41.7 Å². The first kappa shape index (κ1) is 14.8. The van der Waals surface area contributed by atoms with Crippen LogP contribution in [0.4, 0.5) is 0 Å². The number of nitrogens with one attached hydrogen (secondary N) is 1. The Kier molecular flexibility index (Phi) is 4.48. The molecule has 3 atom stereocenters. The lowest BCUT2D eigenvalue weighted by Crippen LogP contribution is -2.49. The van der Waals surface area contributed by atoms with Gasteiger partial charge in [0.2, 0.25) is 0 Å². The smallest absolute Gasteiger partial charge is 0.309 e. The predicted molar refractivity (Wildman–Crippen MR) is 85.8 cm³/mol. The summed E-state index contributed by atoms with van der Waals surface area (Å²) in [7, 11) is 0. The minimum absolute atomic E-state index is 0.0470. The van der Waals surface area contributed by atoms with Gasteiger partial charge in [0.1, 0.15) is 0 Å². The second kappa shape index (κ2) is 6.34. The Morgan fingerprint density at radius 1 is 1.33 bits per heavy atom. The van der Waals surface area contributed by atoms with Crippen LogP contribution in [0.3, 0.4) is 0 Å². The molecule has 1 aliphatic heterocycles. The molecule has 2 fully saturated rings. The van der Waals surface area contributed by atoms with Gasteiger partial charge in [-0.25, -0.2) is 0 Å². The van der Waals surface area contributed by atoms with Crippen molar-refractivity contribution in [2.45, 2.75) is 38.6 Å². The van der Waals surface area contributed by atoms with Crippen LogP contribution in [0.1, 0.15) is 32.6 Å². The monoisotopic (exact) mass is 308 g/mol. The molecule has 1 saturated heterocycles. The molecule has 2 aliphatic carbocycles. The van der Waals surface area contributed by atoms with Crippen molar-refractivity contribution in [3.8, 4) is 0 Å². The number of nitrogens with zero attached hydrogens (tertiary/aromatic N) is 1. The van der Waals surface area contributed by atoms with Crippen LogP contribution in [0.15, 0.2) is 12.2 Å². The van der Waals surface area contributed by atoms with Crippen molar-refractivity contribution in [2.75, 3.05) is 19.7 Å². The van der Waals surface area contributed by atoms with Crippen LogP contribution in [0, 0.1) is 17.8 Å². The van der Waals surface area contributed by atoms with E-state index in [-0.39, 0.29) is 11.9 Å². The van der Waals surface area contributed by atoms with E-state index < -0.39 is 0 Å². The fourth-order valence-corrected chi connectivity index (χ4v) is 4.11. The molecule has 21 heavy (non-hydrogen) atoms. The second-order valence-electron chi connectivity index (χ2n) is 6.35. The number of ether oxygens (including phenoxy) is 1. The number of fused-ring (bicyclic) bond motifs is 2. The molecule has 0 unspecified atom stereocenters. The number of hydrogen-bond donors (Lipinski definition) is 1. The van der Waals surface area contributed by atoms with E-state index in [1.54, 1.807) is 0 Å². The van der Waals surface area contributed by atoms with Crippen molar-refractivity contribution in [3.63, 3.8) is 0 Å². The van der Waals surface area contributed by atoms with Gasteiger partial charge in [-0.1, -0.05) is 12.2 Å². The average molecular weight is 308 g/mol. The van der Waals surface area contributed by atoms with Gasteiger partial charge in [-0.2, -0.15) is 0 Å². The Balaban J connectivity index is 1.45. The van der Waals surface area contributed by atoms with Gasteiger partial charge in [0.05, 0.1) is 12.5 Å². The standard InChI is InChI=1S/C16H24N2O2S/c1-2-20-15(19)12-5-7-18(8-6-12)16(21)17-14-10-11-3-4-13(14)9-11/h3-4,11-14H,2,5-10H2,1H3,(H,17,21)/t11-,13-,14-/m0/s1. The van der Waals surface area contributed by atoms with Crippen molar-refractivity contribution < 1.29 is 9.53 Å². The van der Waals surface area contributed by atoms with Crippen molar-refractivity contribution in [1.29, 1.82) is 0 Å². The van der Waals surface area contributed by atoms with Crippen LogP contribution < -0.4 is 5.32 Å². The topological polar surface area (TPSA) is 41.6 Å². The van der Waals surface area contributed by atoms with Gasteiger partial charge in [0, 0.05) is 19.1 Å². The van der Waals surface area contributed by atoms with E-state index in [2.05, 4.69) is 22.4 Å². The van der Waals surface area contributed by atoms with Crippen molar-refractivity contribution in [3.05, 3.63) is 12.2 Å². The molecule has 0 radical (unpaired) electrons. The molecule has 3 aliphatic rings. The Bertz CT molecular complexity index is 444. The van der Waals surface area contributed by atoms with E-state index in [4.69, 9.17) is 17.0 Å². The molecular formula is C16H24N2O2S. The Morgan fingerprint density at radius 3 is 2.67 bits per heavy atom. The number of hydrogen-bond acceptors (Lipinski definition) is 3. The number of carbonyl (C=O) groups excluding carboxylic acids is 1. The highest BCUT2D eigenvalue weighted by Crippen LogP contribution is 2.39. The Hall–Kier alpha value is -1.10. The van der Waals surface area contributed by atoms with Gasteiger partial charge in [-0.05, 0) is 56.7 Å². The van der Waals surface area contributed by atoms with Gasteiger partial charge in [-0.3, -0.25) is 4.79 Å². The average Bonchev–Trinajstić information content (AvgIpc) is 3.10. The molecular weight excluding hydrogens is 284 g/mol. The van der Waals surface area contributed by atoms with Crippen molar-refractivity contribution >= 4 is 23.3 Å². The van der Waals surface area contributed by atoms with E-state index in [0.717, 1.165) is 37.0 Å². The summed E-state index contributed by atoms with van der Waals surface area (Å²) >= 11 is 5.56. The molecule has 0 amide bonds. The lowest BCUT2D eigenvalue weighted by molar-refractivity contribution is -0.149. The molecule has 0 spiro atoms. The van der Waals surface area contributed by atoms with Gasteiger partial charge < -0.3 is 15.0 Å². The highest BCUT2D eigenvalue weighted by Gasteiger charge is 2.36. The number of likely N-dealkylation sites (tertiary alicyclic amines) is 1. The molecule has 1 N–H and O–H groups in total. The molecule has 5 heteroatoms. The first-order valence-electron chi connectivity index (χ1n) is 8.07. The molecule has 0 aromatic carbocycles. The summed E-state index contributed by atoms with van der Waals surface area (Å²) in [6, 6.07) is 0.510. The Labute approximate surface area is 131 Å². The summed E-state index contributed by atoms with van der Waals surface area (Å²) in [5, 5.41) is 4.40. The van der Waals surface area contributed by atoms with Gasteiger partial charge in [0.25, 0.3) is 0 Å². The highest BCUT2D eigenvalue weighted by atomic mass is 32.1. The van der Waals surface area contributed by atoms with Crippen LogP contribution in [0.2, 0.25) is 0 Å². The molecule has 4 nitrogen and oxygen atoms in total. The minimum atomic E-state index is -0.0470. The third-order valence-corrected chi connectivity index (χ3v) is 5.37.